The third kappa shape index (κ3) is 4.43. The van der Waals surface area contributed by atoms with Crippen molar-refractivity contribution < 1.29 is 0 Å². The van der Waals surface area contributed by atoms with Crippen LogP contribution in [0, 0.1) is 0 Å². The lowest BCUT2D eigenvalue weighted by Gasteiger charge is -2.42. The fourth-order valence-electron chi connectivity index (χ4n) is 8.37. The Morgan fingerprint density at radius 3 is 0.904 bits per heavy atom. The molecule has 0 atom stereocenters. The molecular formula is C46H36N6. The first-order valence-corrected chi connectivity index (χ1v) is 17.8. The van der Waals surface area contributed by atoms with E-state index < -0.39 is 0 Å². The Balaban J connectivity index is 0.915. The molecule has 6 nitrogen and oxygen atoms in total. The second-order valence-electron chi connectivity index (χ2n) is 14.8. The van der Waals surface area contributed by atoms with E-state index in [4.69, 9.17) is 20.0 Å². The second kappa shape index (κ2) is 11.0. The van der Waals surface area contributed by atoms with E-state index in [2.05, 4.69) is 183 Å². The smallest absolute Gasteiger partial charge is 0.202 e. The molecule has 250 valence electrons. The van der Waals surface area contributed by atoms with Crippen molar-refractivity contribution in [3.05, 3.63) is 179 Å². The van der Waals surface area contributed by atoms with Crippen LogP contribution in [0.25, 0.3) is 0 Å². The number of para-hydroxylation sites is 4. The molecule has 0 bridgehead atoms. The molecule has 0 fully saturated rings. The fourth-order valence-corrected chi connectivity index (χ4v) is 8.37. The van der Waals surface area contributed by atoms with Gasteiger partial charge >= 0.3 is 0 Å². The van der Waals surface area contributed by atoms with Crippen molar-refractivity contribution in [1.29, 1.82) is 0 Å². The van der Waals surface area contributed by atoms with Gasteiger partial charge in [0, 0.05) is 33.3 Å². The van der Waals surface area contributed by atoms with Gasteiger partial charge in [0.1, 0.15) is 0 Å². The van der Waals surface area contributed by atoms with Crippen LogP contribution in [0.2, 0.25) is 0 Å². The van der Waals surface area contributed by atoms with Crippen LogP contribution in [0.3, 0.4) is 0 Å². The van der Waals surface area contributed by atoms with Gasteiger partial charge in [-0.25, -0.2) is 20.0 Å². The van der Waals surface area contributed by atoms with Gasteiger partial charge in [0.05, 0.1) is 22.7 Å². The summed E-state index contributed by atoms with van der Waals surface area (Å²) in [6.45, 7) is 9.22. The molecule has 10 rings (SSSR count). The van der Waals surface area contributed by atoms with Crippen LogP contribution in [0.15, 0.2) is 166 Å². The molecule has 0 N–H and O–H groups in total. The van der Waals surface area contributed by atoms with Gasteiger partial charge < -0.3 is 9.80 Å². The summed E-state index contributed by atoms with van der Waals surface area (Å²) in [5.41, 5.74) is 13.9. The highest BCUT2D eigenvalue weighted by molar-refractivity contribution is 6.53. The third-order valence-electron chi connectivity index (χ3n) is 11.1. The van der Waals surface area contributed by atoms with Crippen LogP contribution in [0.1, 0.15) is 61.1 Å². The molecule has 4 aliphatic heterocycles. The zero-order valence-corrected chi connectivity index (χ0v) is 29.5. The van der Waals surface area contributed by atoms with Crippen LogP contribution in [0.5, 0.6) is 0 Å². The maximum atomic E-state index is 4.81. The molecule has 4 heterocycles. The minimum absolute atomic E-state index is 0.0958. The number of hydrogen-bond donors (Lipinski definition) is 0. The minimum atomic E-state index is -0.0958. The number of aliphatic imine (C=N–C) groups is 4. The van der Waals surface area contributed by atoms with Crippen molar-refractivity contribution >= 4 is 57.5 Å². The molecule has 6 aromatic rings. The normalized spacial score (nSPS) is 17.2. The summed E-state index contributed by atoms with van der Waals surface area (Å²) in [5, 5.41) is 0. The van der Waals surface area contributed by atoms with Crippen molar-refractivity contribution in [2.24, 2.45) is 20.0 Å². The summed E-state index contributed by atoms with van der Waals surface area (Å²) in [5.74, 6) is 2.37. The molecule has 0 saturated heterocycles. The Morgan fingerprint density at radius 2 is 0.596 bits per heavy atom. The van der Waals surface area contributed by atoms with E-state index in [0.717, 1.165) is 22.5 Å². The topological polar surface area (TPSA) is 55.9 Å². The maximum absolute atomic E-state index is 4.81. The Bertz CT molecular complexity index is 2290. The van der Waals surface area contributed by atoms with Gasteiger partial charge in [-0.1, -0.05) is 100 Å². The monoisotopic (exact) mass is 672 g/mol. The highest BCUT2D eigenvalue weighted by Crippen LogP contribution is 2.53. The molecule has 0 aliphatic carbocycles. The SMILES string of the molecule is CC1(C)c2ccccc2N(c2ccc(C3=NC4=NC(c5ccc(N6c7ccccc7C(C)(C)c7ccccc76)cc5)=NC4=N3)cc2)c2ccccc21. The summed E-state index contributed by atoms with van der Waals surface area (Å²) in [6.07, 6.45) is 0. The Labute approximate surface area is 303 Å². The van der Waals surface area contributed by atoms with E-state index >= 15 is 0 Å². The quantitative estimate of drug-likeness (QED) is 0.187. The standard InChI is InChI=1S/C46H36N6/c1-45(2)33-13-5-9-17-37(33)51(38-18-10-6-14-34(38)45)31-25-21-29(22-26-31)41-47-43-44(48-41)50-42(49-43)30-23-27-32(28-24-30)52-39-19-11-7-15-35(39)46(3,4)36-16-8-12-20-40(36)52/h5-28H,1-4H3. The van der Waals surface area contributed by atoms with Gasteiger partial charge in [0.25, 0.3) is 0 Å². The van der Waals surface area contributed by atoms with Crippen molar-refractivity contribution in [3.63, 3.8) is 0 Å². The minimum Gasteiger partial charge on any atom is -0.310 e. The van der Waals surface area contributed by atoms with Gasteiger partial charge in [-0.15, -0.1) is 0 Å². The molecule has 4 aliphatic rings. The van der Waals surface area contributed by atoms with Gasteiger partial charge in [-0.2, -0.15) is 0 Å². The van der Waals surface area contributed by atoms with Crippen LogP contribution in [-0.2, 0) is 10.8 Å². The number of amidine groups is 4. The first-order chi connectivity index (χ1) is 25.3. The van der Waals surface area contributed by atoms with Gasteiger partial charge in [-0.05, 0) is 95.1 Å². The van der Waals surface area contributed by atoms with E-state index in [0.29, 0.717) is 23.3 Å². The molecule has 6 heteroatoms. The van der Waals surface area contributed by atoms with Crippen LogP contribution >= 0.6 is 0 Å². The van der Waals surface area contributed by atoms with Crippen LogP contribution < -0.4 is 9.80 Å². The first kappa shape index (κ1) is 30.4. The Hall–Kier alpha value is -6.40. The molecule has 0 amide bonds. The van der Waals surface area contributed by atoms with Crippen molar-refractivity contribution in [1.82, 2.24) is 0 Å². The summed E-state index contributed by atoms with van der Waals surface area (Å²) in [4.78, 5) is 23.9. The van der Waals surface area contributed by atoms with E-state index in [-0.39, 0.29) is 10.8 Å². The average Bonchev–Trinajstić information content (AvgIpc) is 3.76. The summed E-state index contributed by atoms with van der Waals surface area (Å²) in [6, 6.07) is 51.7. The highest BCUT2D eigenvalue weighted by Gasteiger charge is 2.38. The van der Waals surface area contributed by atoms with E-state index in [9.17, 15) is 0 Å². The first-order valence-electron chi connectivity index (χ1n) is 17.8. The highest BCUT2D eigenvalue weighted by atomic mass is 15.2. The van der Waals surface area contributed by atoms with Gasteiger partial charge in [0.15, 0.2) is 11.7 Å². The average molecular weight is 673 g/mol. The molecule has 0 saturated carbocycles. The Morgan fingerprint density at radius 1 is 0.327 bits per heavy atom. The predicted octanol–water partition coefficient (Wildman–Crippen LogP) is 10.9. The lowest BCUT2D eigenvalue weighted by Crippen LogP contribution is -2.30. The summed E-state index contributed by atoms with van der Waals surface area (Å²) >= 11 is 0. The summed E-state index contributed by atoms with van der Waals surface area (Å²) in [7, 11) is 0. The molecule has 52 heavy (non-hydrogen) atoms. The van der Waals surface area contributed by atoms with Crippen molar-refractivity contribution in [3.8, 4) is 0 Å². The molecule has 0 radical (unpaired) electrons. The summed E-state index contributed by atoms with van der Waals surface area (Å²) < 4.78 is 0. The number of fused-ring (bicyclic) bond motifs is 5. The third-order valence-corrected chi connectivity index (χ3v) is 11.1. The van der Waals surface area contributed by atoms with Crippen molar-refractivity contribution in [2.45, 2.75) is 38.5 Å². The van der Waals surface area contributed by atoms with Crippen LogP contribution in [0.4, 0.5) is 34.1 Å². The zero-order valence-electron chi connectivity index (χ0n) is 29.5. The van der Waals surface area contributed by atoms with E-state index in [1.54, 1.807) is 0 Å². The molecule has 0 aromatic heterocycles. The van der Waals surface area contributed by atoms with Gasteiger partial charge in [-0.3, -0.25) is 0 Å². The van der Waals surface area contributed by atoms with Gasteiger partial charge in [0.2, 0.25) is 11.7 Å². The number of hydrogen-bond acceptors (Lipinski definition) is 6. The Kier molecular flexibility index (Phi) is 6.46. The lowest BCUT2D eigenvalue weighted by atomic mass is 9.73. The number of nitrogens with zero attached hydrogens (tertiary/aromatic N) is 6. The number of rotatable bonds is 4. The molecular weight excluding hydrogens is 637 g/mol. The number of benzene rings is 6. The van der Waals surface area contributed by atoms with Crippen molar-refractivity contribution in [2.75, 3.05) is 9.80 Å². The van der Waals surface area contributed by atoms with E-state index in [1.165, 1.54) is 45.0 Å². The number of anilines is 6. The predicted molar refractivity (Wildman–Crippen MR) is 214 cm³/mol. The second-order valence-corrected chi connectivity index (χ2v) is 14.8. The maximum Gasteiger partial charge on any atom is 0.202 e. The fraction of sp³-hybridized carbons (Fsp3) is 0.130. The molecule has 6 aromatic carbocycles. The van der Waals surface area contributed by atoms with E-state index in [1.807, 2.05) is 0 Å². The largest absolute Gasteiger partial charge is 0.310 e. The lowest BCUT2D eigenvalue weighted by molar-refractivity contribution is 0.632. The zero-order chi connectivity index (χ0) is 35.2. The molecule has 0 unspecified atom stereocenters. The van der Waals surface area contributed by atoms with Crippen LogP contribution in [-0.4, -0.2) is 23.3 Å². The molecule has 0 spiro atoms.